The van der Waals surface area contributed by atoms with E-state index in [4.69, 9.17) is 0 Å². The second kappa shape index (κ2) is 9.98. The van der Waals surface area contributed by atoms with Gasteiger partial charge >= 0.3 is 0 Å². The van der Waals surface area contributed by atoms with Crippen molar-refractivity contribution in [3.05, 3.63) is 64.7 Å². The van der Waals surface area contributed by atoms with E-state index in [1.165, 1.54) is 15.4 Å². The Morgan fingerprint density at radius 1 is 1.07 bits per heavy atom. The number of nitrogens with zero attached hydrogens (tertiary/aromatic N) is 1. The summed E-state index contributed by atoms with van der Waals surface area (Å²) in [6.07, 6.45) is 1.13. The first kappa shape index (κ1) is 22.3. The molecule has 2 aromatic carbocycles. The zero-order valence-corrected chi connectivity index (χ0v) is 18.5. The lowest BCUT2D eigenvalue weighted by Gasteiger charge is -2.25. The van der Waals surface area contributed by atoms with Gasteiger partial charge in [-0.15, -0.1) is 0 Å². The number of carbonyl (C=O) groups excluding carboxylic acids is 1. The van der Waals surface area contributed by atoms with Gasteiger partial charge < -0.3 is 5.32 Å². The highest BCUT2D eigenvalue weighted by molar-refractivity contribution is 7.98. The van der Waals surface area contributed by atoms with Crippen LogP contribution in [0.2, 0.25) is 0 Å². The van der Waals surface area contributed by atoms with Gasteiger partial charge in [0.2, 0.25) is 15.9 Å². The number of aryl methyl sites for hydroxylation is 3. The van der Waals surface area contributed by atoms with Crippen molar-refractivity contribution in [3.63, 3.8) is 0 Å². The van der Waals surface area contributed by atoms with Crippen molar-refractivity contribution in [2.75, 3.05) is 29.4 Å². The van der Waals surface area contributed by atoms with Crippen LogP contribution >= 0.6 is 11.8 Å². The molecule has 1 N–H and O–H groups in total. The third-order valence-electron chi connectivity index (χ3n) is 4.30. The number of hydrogen-bond acceptors (Lipinski definition) is 4. The van der Waals surface area contributed by atoms with Crippen LogP contribution in [-0.2, 0) is 20.6 Å². The molecule has 2 aromatic rings. The van der Waals surface area contributed by atoms with Crippen molar-refractivity contribution in [1.82, 2.24) is 5.32 Å². The van der Waals surface area contributed by atoms with Crippen molar-refractivity contribution < 1.29 is 13.2 Å². The lowest BCUT2D eigenvalue weighted by molar-refractivity contribution is -0.119. The van der Waals surface area contributed by atoms with Gasteiger partial charge in [0.25, 0.3) is 0 Å². The quantitative estimate of drug-likeness (QED) is 0.631. The zero-order chi connectivity index (χ0) is 20.7. The van der Waals surface area contributed by atoms with Gasteiger partial charge in [-0.1, -0.05) is 48.0 Å². The average Bonchev–Trinajstić information content (AvgIpc) is 2.59. The van der Waals surface area contributed by atoms with Crippen LogP contribution in [0, 0.1) is 20.8 Å². The minimum absolute atomic E-state index is 0.215. The van der Waals surface area contributed by atoms with E-state index in [9.17, 15) is 13.2 Å². The molecule has 0 aliphatic carbocycles. The SMILES string of the molecule is Cc1cccc(CSCCNC(=O)CN(c2c(C)cccc2C)S(C)(=O)=O)c1. The summed E-state index contributed by atoms with van der Waals surface area (Å²) >= 11 is 1.74. The molecule has 0 aromatic heterocycles. The molecule has 0 radical (unpaired) electrons. The molecule has 0 aliphatic rings. The Balaban J connectivity index is 1.89. The Morgan fingerprint density at radius 3 is 2.32 bits per heavy atom. The Labute approximate surface area is 172 Å². The summed E-state index contributed by atoms with van der Waals surface area (Å²) in [5, 5.41) is 2.83. The summed E-state index contributed by atoms with van der Waals surface area (Å²) in [6.45, 7) is 6.05. The number of para-hydroxylation sites is 1. The molecule has 7 heteroatoms. The maximum Gasteiger partial charge on any atom is 0.240 e. The van der Waals surface area contributed by atoms with Gasteiger partial charge in [-0.25, -0.2) is 8.42 Å². The van der Waals surface area contributed by atoms with Gasteiger partial charge in [-0.05, 0) is 37.5 Å². The van der Waals surface area contributed by atoms with Crippen LogP contribution in [0.4, 0.5) is 5.69 Å². The van der Waals surface area contributed by atoms with Crippen molar-refractivity contribution in [1.29, 1.82) is 0 Å². The second-order valence-electron chi connectivity index (χ2n) is 6.90. The molecule has 0 heterocycles. The molecule has 152 valence electrons. The zero-order valence-electron chi connectivity index (χ0n) is 16.9. The van der Waals surface area contributed by atoms with E-state index >= 15 is 0 Å². The molecule has 0 bridgehead atoms. The maximum absolute atomic E-state index is 12.3. The number of hydrogen-bond donors (Lipinski definition) is 1. The predicted molar refractivity (Wildman–Crippen MR) is 118 cm³/mol. The van der Waals surface area contributed by atoms with E-state index in [1.807, 2.05) is 38.1 Å². The fourth-order valence-corrected chi connectivity index (χ4v) is 4.78. The molecule has 0 saturated carbocycles. The number of anilines is 1. The minimum Gasteiger partial charge on any atom is -0.354 e. The molecule has 0 spiro atoms. The van der Waals surface area contributed by atoms with Crippen LogP contribution in [0.15, 0.2) is 42.5 Å². The number of sulfonamides is 1. The Bertz CT molecular complexity index is 907. The highest BCUT2D eigenvalue weighted by Crippen LogP contribution is 2.26. The van der Waals surface area contributed by atoms with E-state index < -0.39 is 10.0 Å². The van der Waals surface area contributed by atoms with Crippen LogP contribution in [-0.4, -0.2) is 39.4 Å². The third kappa shape index (κ3) is 6.56. The summed E-state index contributed by atoms with van der Waals surface area (Å²) < 4.78 is 25.7. The third-order valence-corrected chi connectivity index (χ3v) is 6.44. The Hall–Kier alpha value is -1.99. The Morgan fingerprint density at radius 2 is 1.71 bits per heavy atom. The second-order valence-corrected chi connectivity index (χ2v) is 9.91. The van der Waals surface area contributed by atoms with Crippen LogP contribution in [0.1, 0.15) is 22.3 Å². The fourth-order valence-electron chi connectivity index (χ4n) is 3.00. The highest BCUT2D eigenvalue weighted by Gasteiger charge is 2.23. The first-order valence-electron chi connectivity index (χ1n) is 9.12. The van der Waals surface area contributed by atoms with Gasteiger partial charge in [0.1, 0.15) is 6.54 Å². The van der Waals surface area contributed by atoms with Crippen LogP contribution in [0.5, 0.6) is 0 Å². The maximum atomic E-state index is 12.3. The van der Waals surface area contributed by atoms with E-state index in [0.717, 1.165) is 28.9 Å². The fraction of sp³-hybridized carbons (Fsp3) is 0.381. The first-order valence-corrected chi connectivity index (χ1v) is 12.1. The van der Waals surface area contributed by atoms with Crippen molar-refractivity contribution in [2.24, 2.45) is 0 Å². The first-order chi connectivity index (χ1) is 13.2. The van der Waals surface area contributed by atoms with E-state index in [0.29, 0.717) is 12.2 Å². The van der Waals surface area contributed by atoms with Crippen LogP contribution in [0.25, 0.3) is 0 Å². The van der Waals surface area contributed by atoms with Gasteiger partial charge in [-0.3, -0.25) is 9.10 Å². The lowest BCUT2D eigenvalue weighted by atomic mass is 10.1. The number of benzene rings is 2. The van der Waals surface area contributed by atoms with Crippen molar-refractivity contribution in [3.8, 4) is 0 Å². The smallest absolute Gasteiger partial charge is 0.240 e. The topological polar surface area (TPSA) is 66.5 Å². The number of thioether (sulfide) groups is 1. The van der Waals surface area contributed by atoms with Crippen LogP contribution in [0.3, 0.4) is 0 Å². The van der Waals surface area contributed by atoms with Crippen LogP contribution < -0.4 is 9.62 Å². The molecule has 1 amide bonds. The highest BCUT2D eigenvalue weighted by atomic mass is 32.2. The number of amides is 1. The molecule has 0 fully saturated rings. The number of carbonyl (C=O) groups is 1. The molecule has 0 atom stereocenters. The molecular weight excluding hydrogens is 392 g/mol. The van der Waals surface area contributed by atoms with Gasteiger partial charge in [0.15, 0.2) is 0 Å². The molecular formula is C21H28N2O3S2. The molecule has 0 saturated heterocycles. The van der Waals surface area contributed by atoms with E-state index in [2.05, 4.69) is 30.4 Å². The molecule has 2 rings (SSSR count). The molecule has 28 heavy (non-hydrogen) atoms. The summed E-state index contributed by atoms with van der Waals surface area (Å²) in [5.74, 6) is 1.35. The standard InChI is InChI=1S/C21H28N2O3S2/c1-16-7-5-10-19(13-16)15-27-12-11-22-20(24)14-23(28(4,25)26)21-17(2)8-6-9-18(21)3/h5-10,13H,11-12,14-15H2,1-4H3,(H,22,24). The largest absolute Gasteiger partial charge is 0.354 e. The summed E-state index contributed by atoms with van der Waals surface area (Å²) in [5.41, 5.74) is 4.72. The minimum atomic E-state index is -3.57. The normalized spacial score (nSPS) is 11.3. The molecule has 0 aliphatic heterocycles. The van der Waals surface area contributed by atoms with Crippen molar-refractivity contribution >= 4 is 33.4 Å². The number of rotatable bonds is 9. The van der Waals surface area contributed by atoms with Gasteiger partial charge in [0, 0.05) is 18.1 Å². The summed E-state index contributed by atoms with van der Waals surface area (Å²) in [7, 11) is -3.57. The van der Waals surface area contributed by atoms with E-state index in [-0.39, 0.29) is 12.5 Å². The van der Waals surface area contributed by atoms with Gasteiger partial charge in [-0.2, -0.15) is 11.8 Å². The molecule has 5 nitrogen and oxygen atoms in total. The van der Waals surface area contributed by atoms with Gasteiger partial charge in [0.05, 0.1) is 11.9 Å². The summed E-state index contributed by atoms with van der Waals surface area (Å²) in [4.78, 5) is 12.3. The molecule has 0 unspecified atom stereocenters. The van der Waals surface area contributed by atoms with Crippen molar-refractivity contribution in [2.45, 2.75) is 26.5 Å². The van der Waals surface area contributed by atoms with E-state index in [1.54, 1.807) is 11.8 Å². The summed E-state index contributed by atoms with van der Waals surface area (Å²) in [6, 6.07) is 13.9. The number of nitrogens with one attached hydrogen (secondary N) is 1. The Kier molecular flexibility index (Phi) is 7.95. The monoisotopic (exact) mass is 420 g/mol. The average molecular weight is 421 g/mol. The predicted octanol–water partition coefficient (Wildman–Crippen LogP) is 3.43. The lowest BCUT2D eigenvalue weighted by Crippen LogP contribution is -2.41.